The fourth-order valence-electron chi connectivity index (χ4n) is 1.45. The van der Waals surface area contributed by atoms with E-state index in [4.69, 9.17) is 17.3 Å². The number of carbonyl (C=O) groups is 1. The summed E-state index contributed by atoms with van der Waals surface area (Å²) in [4.78, 5) is 14.7. The van der Waals surface area contributed by atoms with Crippen molar-refractivity contribution in [1.29, 1.82) is 0 Å². The van der Waals surface area contributed by atoms with Crippen LogP contribution in [0.3, 0.4) is 0 Å². The maximum absolute atomic E-state index is 11.9. The van der Waals surface area contributed by atoms with Crippen molar-refractivity contribution in [2.45, 2.75) is 10.8 Å². The van der Waals surface area contributed by atoms with Gasteiger partial charge in [0.1, 0.15) is 0 Å². The summed E-state index contributed by atoms with van der Waals surface area (Å²) in [5.41, 5.74) is 6.11. The summed E-state index contributed by atoms with van der Waals surface area (Å²) in [7, 11) is -3.67. The molecule has 106 valence electrons. The van der Waals surface area contributed by atoms with Crippen LogP contribution in [0, 0.1) is 0 Å². The highest BCUT2D eigenvalue weighted by atomic mass is 35.5. The number of thiazole rings is 1. The smallest absolute Gasteiger partial charge is 0.252 e. The number of sulfonamides is 1. The van der Waals surface area contributed by atoms with Gasteiger partial charge in [-0.15, -0.1) is 0 Å². The first-order chi connectivity index (χ1) is 9.38. The molecule has 0 aliphatic carbocycles. The number of halogens is 1. The lowest BCUT2D eigenvalue weighted by Crippen LogP contribution is -2.22. The molecule has 2 aromatic rings. The van der Waals surface area contributed by atoms with Crippen molar-refractivity contribution in [1.82, 2.24) is 9.71 Å². The van der Waals surface area contributed by atoms with Gasteiger partial charge in [0.05, 0.1) is 6.20 Å². The van der Waals surface area contributed by atoms with Gasteiger partial charge in [0, 0.05) is 12.1 Å². The summed E-state index contributed by atoms with van der Waals surface area (Å²) in [6, 6.07) is 6.41. The molecule has 0 fully saturated rings. The normalized spacial score (nSPS) is 11.4. The molecule has 20 heavy (non-hydrogen) atoms. The van der Waals surface area contributed by atoms with E-state index >= 15 is 0 Å². The predicted molar refractivity (Wildman–Crippen MR) is 76.1 cm³/mol. The van der Waals surface area contributed by atoms with Crippen LogP contribution in [-0.4, -0.2) is 19.3 Å². The van der Waals surface area contributed by atoms with Crippen molar-refractivity contribution in [3.8, 4) is 0 Å². The average Bonchev–Trinajstić information content (AvgIpc) is 2.84. The number of rotatable bonds is 5. The number of nitrogens with one attached hydrogen (secondary N) is 1. The van der Waals surface area contributed by atoms with Crippen molar-refractivity contribution in [3.63, 3.8) is 0 Å². The van der Waals surface area contributed by atoms with E-state index in [1.54, 1.807) is 18.2 Å². The average molecular weight is 332 g/mol. The highest BCUT2D eigenvalue weighted by Crippen LogP contribution is 2.22. The van der Waals surface area contributed by atoms with Gasteiger partial charge in [-0.2, -0.15) is 0 Å². The Morgan fingerprint density at radius 3 is 2.80 bits per heavy atom. The summed E-state index contributed by atoms with van der Waals surface area (Å²) in [5.74, 6) is -0.566. The first kappa shape index (κ1) is 14.9. The molecule has 0 aliphatic heterocycles. The summed E-state index contributed by atoms with van der Waals surface area (Å²) in [6.45, 7) is 0.0406. The monoisotopic (exact) mass is 331 g/mol. The quantitative estimate of drug-likeness (QED) is 0.863. The van der Waals surface area contributed by atoms with Crippen molar-refractivity contribution < 1.29 is 13.2 Å². The molecule has 1 aromatic carbocycles. The predicted octanol–water partition coefficient (Wildman–Crippen LogP) is 1.37. The Hall–Kier alpha value is -1.48. The zero-order valence-electron chi connectivity index (χ0n) is 10.0. The third kappa shape index (κ3) is 3.54. The summed E-state index contributed by atoms with van der Waals surface area (Å²) in [5, 5.41) is 0. The van der Waals surface area contributed by atoms with Gasteiger partial charge >= 0.3 is 0 Å². The molecule has 1 amide bonds. The largest absolute Gasteiger partial charge is 0.366 e. The van der Waals surface area contributed by atoms with E-state index in [2.05, 4.69) is 9.71 Å². The van der Waals surface area contributed by atoms with Crippen molar-refractivity contribution in [3.05, 3.63) is 46.1 Å². The minimum Gasteiger partial charge on any atom is -0.366 e. The molecule has 6 nitrogen and oxygen atoms in total. The van der Waals surface area contributed by atoms with Gasteiger partial charge in [-0.25, -0.2) is 18.1 Å². The molecule has 1 heterocycles. The first-order valence-electron chi connectivity index (χ1n) is 5.38. The Morgan fingerprint density at radius 2 is 2.20 bits per heavy atom. The van der Waals surface area contributed by atoms with E-state index in [1.807, 2.05) is 0 Å². The Balaban J connectivity index is 2.12. The lowest BCUT2D eigenvalue weighted by Gasteiger charge is -2.05. The lowest BCUT2D eigenvalue weighted by molar-refractivity contribution is 0.1000. The molecule has 0 unspecified atom stereocenters. The van der Waals surface area contributed by atoms with Crippen LogP contribution in [0.2, 0.25) is 4.47 Å². The Bertz CT molecular complexity index is 743. The van der Waals surface area contributed by atoms with Crippen LogP contribution >= 0.6 is 22.9 Å². The summed E-state index contributed by atoms with van der Waals surface area (Å²) >= 11 is 6.47. The van der Waals surface area contributed by atoms with Gasteiger partial charge < -0.3 is 5.73 Å². The van der Waals surface area contributed by atoms with E-state index in [0.29, 0.717) is 11.1 Å². The molecule has 0 saturated heterocycles. The van der Waals surface area contributed by atoms with E-state index in [-0.39, 0.29) is 15.2 Å². The lowest BCUT2D eigenvalue weighted by atomic mass is 10.1. The van der Waals surface area contributed by atoms with Gasteiger partial charge in [-0.05, 0) is 17.7 Å². The minimum atomic E-state index is -3.67. The van der Waals surface area contributed by atoms with Crippen LogP contribution in [0.4, 0.5) is 0 Å². The topological polar surface area (TPSA) is 102 Å². The number of nitrogens with zero attached hydrogens (tertiary/aromatic N) is 1. The van der Waals surface area contributed by atoms with E-state index in [1.165, 1.54) is 12.3 Å². The second-order valence-corrected chi connectivity index (χ2v) is 7.43. The van der Waals surface area contributed by atoms with Gasteiger partial charge in [0.2, 0.25) is 5.91 Å². The molecule has 0 bridgehead atoms. The van der Waals surface area contributed by atoms with Gasteiger partial charge in [-0.1, -0.05) is 35.1 Å². The zero-order chi connectivity index (χ0) is 14.8. The molecule has 0 saturated carbocycles. The van der Waals surface area contributed by atoms with Gasteiger partial charge in [-0.3, -0.25) is 4.79 Å². The molecular formula is C11H10ClN3O3S2. The summed E-state index contributed by atoms with van der Waals surface area (Å²) in [6.07, 6.45) is 1.19. The fraction of sp³-hybridized carbons (Fsp3) is 0.0909. The Morgan fingerprint density at radius 1 is 1.45 bits per heavy atom. The van der Waals surface area contributed by atoms with E-state index in [9.17, 15) is 13.2 Å². The number of hydrogen-bond donors (Lipinski definition) is 2. The molecule has 1 aromatic heterocycles. The van der Waals surface area contributed by atoms with Crippen molar-refractivity contribution in [2.24, 2.45) is 5.73 Å². The standard InChI is InChI=1S/C11H10ClN3O3S2/c12-11-14-6-9(19-11)20(17,18)15-5-7-2-1-3-8(4-7)10(13)16/h1-4,6,15H,5H2,(H2,13,16). The number of aromatic nitrogens is 1. The second kappa shape index (κ2) is 5.88. The highest BCUT2D eigenvalue weighted by Gasteiger charge is 2.17. The van der Waals surface area contributed by atoms with Crippen LogP contribution in [0.25, 0.3) is 0 Å². The Kier molecular flexibility index (Phi) is 4.39. The minimum absolute atomic E-state index is 0.0357. The van der Waals surface area contributed by atoms with Gasteiger partial charge in [0.15, 0.2) is 8.68 Å². The maximum Gasteiger partial charge on any atom is 0.252 e. The molecule has 0 aliphatic rings. The van der Waals surface area contributed by atoms with E-state index in [0.717, 1.165) is 11.3 Å². The van der Waals surface area contributed by atoms with Crippen LogP contribution in [0.1, 0.15) is 15.9 Å². The number of hydrogen-bond acceptors (Lipinski definition) is 5. The van der Waals surface area contributed by atoms with Gasteiger partial charge in [0.25, 0.3) is 10.0 Å². The molecule has 0 atom stereocenters. The van der Waals surface area contributed by atoms with Crippen LogP contribution in [-0.2, 0) is 16.6 Å². The molecule has 0 spiro atoms. The molecule has 0 radical (unpaired) electrons. The third-order valence-corrected chi connectivity index (χ3v) is 5.38. The highest BCUT2D eigenvalue weighted by molar-refractivity contribution is 7.91. The SMILES string of the molecule is NC(=O)c1cccc(CNS(=O)(=O)c2cnc(Cl)s2)c1. The Labute approximate surface area is 124 Å². The molecule has 2 rings (SSSR count). The number of primary amides is 1. The number of benzene rings is 1. The van der Waals surface area contributed by atoms with Crippen molar-refractivity contribution in [2.75, 3.05) is 0 Å². The maximum atomic E-state index is 11.9. The number of carbonyl (C=O) groups excluding carboxylic acids is 1. The van der Waals surface area contributed by atoms with Crippen LogP contribution in [0.5, 0.6) is 0 Å². The third-order valence-electron chi connectivity index (χ3n) is 2.40. The fourth-order valence-corrected chi connectivity index (χ4v) is 3.80. The molecule has 9 heteroatoms. The number of amides is 1. The molecular weight excluding hydrogens is 322 g/mol. The van der Waals surface area contributed by atoms with Crippen LogP contribution in [0.15, 0.2) is 34.7 Å². The zero-order valence-corrected chi connectivity index (χ0v) is 12.4. The van der Waals surface area contributed by atoms with Crippen LogP contribution < -0.4 is 10.5 Å². The second-order valence-electron chi connectivity index (χ2n) is 3.82. The van der Waals surface area contributed by atoms with E-state index < -0.39 is 15.9 Å². The van der Waals surface area contributed by atoms with Crippen molar-refractivity contribution >= 4 is 38.9 Å². The number of nitrogens with two attached hydrogens (primary N) is 1. The first-order valence-corrected chi connectivity index (χ1v) is 8.06. The molecule has 3 N–H and O–H groups in total. The summed E-state index contributed by atoms with van der Waals surface area (Å²) < 4.78 is 26.5.